The Hall–Kier alpha value is -2.38. The number of halogens is 1. The molecule has 0 saturated carbocycles. The Morgan fingerprint density at radius 2 is 1.56 bits per heavy atom. The van der Waals surface area contributed by atoms with Crippen molar-refractivity contribution in [3.63, 3.8) is 0 Å². The zero-order chi connectivity index (χ0) is 22.8. The van der Waals surface area contributed by atoms with Crippen LogP contribution in [0.3, 0.4) is 0 Å². The Bertz CT molecular complexity index is 1040. The van der Waals surface area contributed by atoms with Gasteiger partial charge in [0, 0.05) is 22.1 Å². The molecule has 2 N–H and O–H groups in total. The molecule has 3 rings (SSSR count). The monoisotopic (exact) mass is 517 g/mol. The molecule has 1 aromatic heterocycles. The lowest BCUT2D eigenvalue weighted by Crippen LogP contribution is -2.17. The fourth-order valence-corrected chi connectivity index (χ4v) is 3.90. The number of hydrogen-bond donors (Lipinski definition) is 2. The Morgan fingerprint density at radius 1 is 1.00 bits per heavy atom. The van der Waals surface area contributed by atoms with Gasteiger partial charge in [0.2, 0.25) is 5.13 Å². The van der Waals surface area contributed by atoms with Crippen LogP contribution < -0.4 is 10.2 Å². The quantitative estimate of drug-likeness (QED) is 0.278. The second-order valence-electron chi connectivity index (χ2n) is 9.60. The lowest BCUT2D eigenvalue weighted by Gasteiger charge is -2.28. The summed E-state index contributed by atoms with van der Waals surface area (Å²) in [6, 6.07) is 11.8. The molecule has 5 nitrogen and oxygen atoms in total. The van der Waals surface area contributed by atoms with E-state index in [0.29, 0.717) is 10.9 Å². The van der Waals surface area contributed by atoms with Gasteiger partial charge < -0.3 is 9.84 Å². The number of phenolic OH excluding ortho intramolecular Hbond substituents is 1. The van der Waals surface area contributed by atoms with Crippen molar-refractivity contribution in [2.75, 3.05) is 12.5 Å². The first kappa shape index (κ1) is 25.9. The Kier molecular flexibility index (Phi) is 8.12. The van der Waals surface area contributed by atoms with Crippen LogP contribution in [-0.4, -0.2) is 23.4 Å². The first-order chi connectivity index (χ1) is 14.5. The number of hydrazone groups is 1. The van der Waals surface area contributed by atoms with Crippen LogP contribution in [0.25, 0.3) is 11.3 Å². The molecule has 2 aromatic carbocycles. The minimum atomic E-state index is -0.181. The third kappa shape index (κ3) is 6.11. The molecule has 0 radical (unpaired) electrons. The van der Waals surface area contributed by atoms with Crippen LogP contribution in [-0.2, 0) is 10.8 Å². The van der Waals surface area contributed by atoms with Crippen LogP contribution in [0, 0.1) is 0 Å². The molecule has 0 aliphatic rings. The topological polar surface area (TPSA) is 66.7 Å². The average Bonchev–Trinajstić information content (AvgIpc) is 3.16. The van der Waals surface area contributed by atoms with Crippen LogP contribution in [0.4, 0.5) is 5.13 Å². The molecule has 1 heterocycles. The van der Waals surface area contributed by atoms with Crippen molar-refractivity contribution in [3.05, 3.63) is 58.5 Å². The number of thiazole rings is 1. The molecule has 7 heteroatoms. The van der Waals surface area contributed by atoms with Crippen molar-refractivity contribution in [1.29, 1.82) is 0 Å². The van der Waals surface area contributed by atoms with Gasteiger partial charge in [-0.2, -0.15) is 5.10 Å². The van der Waals surface area contributed by atoms with E-state index in [4.69, 9.17) is 9.72 Å². The number of aromatic nitrogens is 1. The molecular formula is C25H32BrN3O2S. The van der Waals surface area contributed by atoms with E-state index in [1.165, 1.54) is 11.3 Å². The number of methoxy groups -OCH3 is 1. The van der Waals surface area contributed by atoms with Crippen molar-refractivity contribution in [3.8, 4) is 22.8 Å². The minimum Gasteiger partial charge on any atom is -0.507 e. The second-order valence-corrected chi connectivity index (χ2v) is 10.5. The molecular weight excluding hydrogens is 486 g/mol. The SMILES string of the molecule is Br.COc1ccc(C=NNc2nc(-c3cc(C(C)(C)C)c(O)c(C(C)(C)C)c3)cs2)cc1. The number of ether oxygens (including phenoxy) is 1. The Balaban J connectivity index is 0.00000363. The summed E-state index contributed by atoms with van der Waals surface area (Å²) < 4.78 is 5.17. The predicted molar refractivity (Wildman–Crippen MR) is 141 cm³/mol. The molecule has 0 fully saturated rings. The van der Waals surface area contributed by atoms with Gasteiger partial charge in [-0.05, 0) is 52.8 Å². The predicted octanol–water partition coefficient (Wildman–Crippen LogP) is 7.14. The number of aromatic hydroxyl groups is 1. The summed E-state index contributed by atoms with van der Waals surface area (Å²) in [6.45, 7) is 12.7. The van der Waals surface area contributed by atoms with E-state index in [9.17, 15) is 5.11 Å². The zero-order valence-electron chi connectivity index (χ0n) is 19.7. The summed E-state index contributed by atoms with van der Waals surface area (Å²) in [5.41, 5.74) is 7.33. The number of nitrogens with zero attached hydrogens (tertiary/aromatic N) is 2. The summed E-state index contributed by atoms with van der Waals surface area (Å²) in [6.07, 6.45) is 1.75. The van der Waals surface area contributed by atoms with Gasteiger partial charge in [0.05, 0.1) is 19.0 Å². The highest BCUT2D eigenvalue weighted by atomic mass is 79.9. The third-order valence-corrected chi connectivity index (χ3v) is 5.76. The van der Waals surface area contributed by atoms with Gasteiger partial charge >= 0.3 is 0 Å². The van der Waals surface area contributed by atoms with Gasteiger partial charge in [-0.3, -0.25) is 5.43 Å². The third-order valence-electron chi connectivity index (χ3n) is 5.02. The highest BCUT2D eigenvalue weighted by Crippen LogP contribution is 2.42. The number of benzene rings is 2. The largest absolute Gasteiger partial charge is 0.507 e. The lowest BCUT2D eigenvalue weighted by molar-refractivity contribution is 0.415. The molecule has 0 aliphatic heterocycles. The van der Waals surface area contributed by atoms with Gasteiger partial charge in [-0.25, -0.2) is 4.98 Å². The summed E-state index contributed by atoms with van der Waals surface area (Å²) in [5.74, 6) is 1.19. The van der Waals surface area contributed by atoms with Crippen LogP contribution in [0.2, 0.25) is 0 Å². The summed E-state index contributed by atoms with van der Waals surface area (Å²) in [4.78, 5) is 4.71. The second kappa shape index (κ2) is 10.0. The van der Waals surface area contributed by atoms with Crippen molar-refractivity contribution < 1.29 is 9.84 Å². The first-order valence-electron chi connectivity index (χ1n) is 10.3. The van der Waals surface area contributed by atoms with E-state index in [1.54, 1.807) is 13.3 Å². The standard InChI is InChI=1S/C25H31N3O2S.BrH/c1-24(2,3)19-12-17(13-20(22(19)29)25(4,5)6)21-15-31-23(27-21)28-26-14-16-8-10-18(30-7)11-9-16;/h8-15,29H,1-7H3,(H,27,28);1H. The normalized spacial score (nSPS) is 12.0. The van der Waals surface area contributed by atoms with Crippen LogP contribution in [0.15, 0.2) is 46.9 Å². The summed E-state index contributed by atoms with van der Waals surface area (Å²) >= 11 is 1.50. The first-order valence-corrected chi connectivity index (χ1v) is 11.1. The summed E-state index contributed by atoms with van der Waals surface area (Å²) in [7, 11) is 1.65. The lowest BCUT2D eigenvalue weighted by atomic mass is 9.78. The van der Waals surface area contributed by atoms with Crippen molar-refractivity contribution in [1.82, 2.24) is 4.98 Å². The van der Waals surface area contributed by atoms with E-state index in [2.05, 4.69) is 52.1 Å². The maximum Gasteiger partial charge on any atom is 0.203 e. The fraction of sp³-hybridized carbons (Fsp3) is 0.360. The highest BCUT2D eigenvalue weighted by molar-refractivity contribution is 8.93. The number of anilines is 1. The zero-order valence-corrected chi connectivity index (χ0v) is 22.2. The maximum absolute atomic E-state index is 10.9. The minimum absolute atomic E-state index is 0. The van der Waals surface area contributed by atoms with Crippen LogP contribution in [0.1, 0.15) is 58.2 Å². The van der Waals surface area contributed by atoms with E-state index >= 15 is 0 Å². The molecule has 0 atom stereocenters. The van der Waals surface area contributed by atoms with Crippen molar-refractivity contribution in [2.24, 2.45) is 5.10 Å². The molecule has 0 saturated heterocycles. The van der Waals surface area contributed by atoms with Crippen LogP contribution in [0.5, 0.6) is 11.5 Å². The molecule has 172 valence electrons. The fourth-order valence-electron chi connectivity index (χ4n) is 3.24. The Morgan fingerprint density at radius 3 is 2.06 bits per heavy atom. The van der Waals surface area contributed by atoms with E-state index in [1.807, 2.05) is 41.8 Å². The van der Waals surface area contributed by atoms with Crippen molar-refractivity contribution >= 4 is 39.7 Å². The molecule has 0 bridgehead atoms. The van der Waals surface area contributed by atoms with Gasteiger partial charge in [0.25, 0.3) is 0 Å². The van der Waals surface area contributed by atoms with Crippen LogP contribution >= 0.6 is 28.3 Å². The molecule has 32 heavy (non-hydrogen) atoms. The van der Waals surface area contributed by atoms with Gasteiger partial charge in [-0.15, -0.1) is 28.3 Å². The van der Waals surface area contributed by atoms with Crippen molar-refractivity contribution in [2.45, 2.75) is 52.4 Å². The van der Waals surface area contributed by atoms with E-state index in [-0.39, 0.29) is 27.8 Å². The number of phenols is 1. The van der Waals surface area contributed by atoms with E-state index < -0.39 is 0 Å². The number of nitrogens with one attached hydrogen (secondary N) is 1. The molecule has 0 amide bonds. The molecule has 0 unspecified atom stereocenters. The molecule has 3 aromatic rings. The highest BCUT2D eigenvalue weighted by Gasteiger charge is 2.27. The average molecular weight is 519 g/mol. The van der Waals surface area contributed by atoms with E-state index in [0.717, 1.165) is 33.7 Å². The summed E-state index contributed by atoms with van der Waals surface area (Å²) in [5, 5.41) is 18.0. The van der Waals surface area contributed by atoms with Gasteiger partial charge in [0.1, 0.15) is 11.5 Å². The number of hydrogen-bond acceptors (Lipinski definition) is 6. The smallest absolute Gasteiger partial charge is 0.203 e. The number of rotatable bonds is 5. The van der Waals surface area contributed by atoms with Gasteiger partial charge in [0.15, 0.2) is 0 Å². The van der Waals surface area contributed by atoms with Gasteiger partial charge in [-0.1, -0.05) is 41.5 Å². The molecule has 0 spiro atoms. The molecule has 0 aliphatic carbocycles. The maximum atomic E-state index is 10.9. The Labute approximate surface area is 205 Å².